The van der Waals surface area contributed by atoms with E-state index in [4.69, 9.17) is 9.47 Å². The average Bonchev–Trinajstić information content (AvgIpc) is 3.13. The highest BCUT2D eigenvalue weighted by molar-refractivity contribution is 14.0. The number of hydrogen-bond donors (Lipinski definition) is 2. The Bertz CT molecular complexity index is 583. The van der Waals surface area contributed by atoms with Gasteiger partial charge in [-0.15, -0.1) is 35.3 Å². The molecule has 0 aromatic carbocycles. The molecule has 0 spiro atoms. The molecule has 2 N–H and O–H groups in total. The molecule has 1 aromatic heterocycles. The number of carbonyl (C=O) groups is 1. The van der Waals surface area contributed by atoms with Gasteiger partial charge in [0.05, 0.1) is 13.2 Å². The van der Waals surface area contributed by atoms with E-state index in [-0.39, 0.29) is 29.9 Å². The number of fused-ring (bicyclic) bond motifs is 1. The number of ether oxygens (including phenoxy) is 2. The van der Waals surface area contributed by atoms with E-state index in [1.807, 2.05) is 4.90 Å². The molecule has 9 heteroatoms. The summed E-state index contributed by atoms with van der Waals surface area (Å²) in [5.41, 5.74) is 1.30. The Morgan fingerprint density at radius 3 is 2.89 bits per heavy atom. The van der Waals surface area contributed by atoms with Gasteiger partial charge < -0.3 is 25.0 Å². The molecule has 1 aliphatic heterocycles. The third kappa shape index (κ3) is 8.75. The zero-order valence-corrected chi connectivity index (χ0v) is 19.3. The van der Waals surface area contributed by atoms with E-state index in [1.54, 1.807) is 25.5 Å². The van der Waals surface area contributed by atoms with Crippen molar-refractivity contribution in [1.29, 1.82) is 0 Å². The Balaban J connectivity index is 0.00000364. The standard InChI is InChI=1S/C18H30N4O3S.HI/c1-19-18(20-7-3-10-25-12-11-24-2)21-8-4-17(23)22-9-5-16-15(14-22)6-13-26-16;/h6,13H,3-5,7-12,14H2,1-2H3,(H2,19,20,21);1H. The lowest BCUT2D eigenvalue weighted by Crippen LogP contribution is -2.41. The van der Waals surface area contributed by atoms with Crippen LogP contribution in [0.5, 0.6) is 0 Å². The van der Waals surface area contributed by atoms with Crippen molar-refractivity contribution < 1.29 is 14.3 Å². The number of nitrogens with zero attached hydrogens (tertiary/aromatic N) is 2. The summed E-state index contributed by atoms with van der Waals surface area (Å²) in [6.07, 6.45) is 2.34. The number of carbonyl (C=O) groups excluding carboxylic acids is 1. The third-order valence-corrected chi connectivity index (χ3v) is 5.23. The zero-order chi connectivity index (χ0) is 18.6. The van der Waals surface area contributed by atoms with Crippen LogP contribution in [0.25, 0.3) is 0 Å². The fourth-order valence-corrected chi connectivity index (χ4v) is 3.64. The lowest BCUT2D eigenvalue weighted by atomic mass is 10.1. The summed E-state index contributed by atoms with van der Waals surface area (Å²) < 4.78 is 10.3. The number of methoxy groups -OCH3 is 1. The first-order valence-corrected chi connectivity index (χ1v) is 9.96. The van der Waals surface area contributed by atoms with Gasteiger partial charge >= 0.3 is 0 Å². The molecule has 0 saturated carbocycles. The molecule has 0 bridgehead atoms. The second-order valence-electron chi connectivity index (χ2n) is 6.07. The summed E-state index contributed by atoms with van der Waals surface area (Å²) in [4.78, 5) is 19.9. The van der Waals surface area contributed by atoms with Gasteiger partial charge in [0.1, 0.15) is 0 Å². The van der Waals surface area contributed by atoms with Gasteiger partial charge in [-0.2, -0.15) is 0 Å². The van der Waals surface area contributed by atoms with Crippen molar-refractivity contribution in [2.45, 2.75) is 25.8 Å². The first-order valence-electron chi connectivity index (χ1n) is 9.08. The molecule has 1 amide bonds. The number of guanidine groups is 1. The number of aliphatic imine (C=N–C) groups is 1. The van der Waals surface area contributed by atoms with Crippen LogP contribution in [-0.2, 0) is 27.2 Å². The molecule has 0 fully saturated rings. The number of halogens is 1. The first-order chi connectivity index (χ1) is 12.7. The highest BCUT2D eigenvalue weighted by Crippen LogP contribution is 2.24. The summed E-state index contributed by atoms with van der Waals surface area (Å²) in [7, 11) is 3.39. The van der Waals surface area contributed by atoms with E-state index in [9.17, 15) is 4.79 Å². The van der Waals surface area contributed by atoms with E-state index in [1.165, 1.54) is 10.4 Å². The maximum absolute atomic E-state index is 12.4. The highest BCUT2D eigenvalue weighted by atomic mass is 127. The van der Waals surface area contributed by atoms with Crippen LogP contribution in [-0.4, -0.2) is 70.4 Å². The summed E-state index contributed by atoms with van der Waals surface area (Å²) >= 11 is 1.79. The van der Waals surface area contributed by atoms with Crippen molar-refractivity contribution >= 4 is 47.2 Å². The molecule has 1 aromatic rings. The van der Waals surface area contributed by atoms with Gasteiger partial charge in [0.25, 0.3) is 0 Å². The van der Waals surface area contributed by atoms with Crippen molar-refractivity contribution in [2.75, 3.05) is 53.6 Å². The summed E-state index contributed by atoms with van der Waals surface area (Å²) in [5, 5.41) is 8.53. The molecule has 0 radical (unpaired) electrons. The first kappa shape index (κ1) is 24.1. The van der Waals surface area contributed by atoms with Gasteiger partial charge in [0.2, 0.25) is 5.91 Å². The fourth-order valence-electron chi connectivity index (χ4n) is 2.75. The second kappa shape index (κ2) is 14.1. The van der Waals surface area contributed by atoms with Crippen molar-refractivity contribution in [3.05, 3.63) is 21.9 Å². The molecule has 154 valence electrons. The zero-order valence-electron chi connectivity index (χ0n) is 16.2. The normalized spacial score (nSPS) is 13.7. The minimum atomic E-state index is 0. The topological polar surface area (TPSA) is 75.2 Å². The SMILES string of the molecule is CN=C(NCCCOCCOC)NCCC(=O)N1CCc2sccc2C1.I. The molecule has 0 aliphatic carbocycles. The molecule has 0 atom stereocenters. The van der Waals surface area contributed by atoms with Crippen LogP contribution in [0.2, 0.25) is 0 Å². The molecule has 0 unspecified atom stereocenters. The molecular formula is C18H31IN4O3S. The van der Waals surface area contributed by atoms with Gasteiger partial charge in [0.15, 0.2) is 5.96 Å². The lowest BCUT2D eigenvalue weighted by molar-refractivity contribution is -0.131. The molecule has 1 aliphatic rings. The maximum Gasteiger partial charge on any atom is 0.224 e. The fraction of sp³-hybridized carbons (Fsp3) is 0.667. The number of hydrogen-bond acceptors (Lipinski definition) is 5. The van der Waals surface area contributed by atoms with E-state index < -0.39 is 0 Å². The van der Waals surface area contributed by atoms with Gasteiger partial charge in [-0.1, -0.05) is 0 Å². The van der Waals surface area contributed by atoms with Crippen LogP contribution in [0.4, 0.5) is 0 Å². The minimum absolute atomic E-state index is 0. The largest absolute Gasteiger partial charge is 0.382 e. The Labute approximate surface area is 182 Å². The molecule has 2 heterocycles. The third-order valence-electron chi connectivity index (χ3n) is 4.20. The van der Waals surface area contributed by atoms with Crippen LogP contribution in [0, 0.1) is 0 Å². The predicted octanol–water partition coefficient (Wildman–Crippen LogP) is 1.86. The average molecular weight is 510 g/mol. The summed E-state index contributed by atoms with van der Waals surface area (Å²) in [6, 6.07) is 2.13. The van der Waals surface area contributed by atoms with E-state index in [0.717, 1.165) is 32.5 Å². The Morgan fingerprint density at radius 2 is 2.11 bits per heavy atom. The second-order valence-corrected chi connectivity index (χ2v) is 7.07. The minimum Gasteiger partial charge on any atom is -0.382 e. The molecule has 27 heavy (non-hydrogen) atoms. The van der Waals surface area contributed by atoms with Crippen LogP contribution >= 0.6 is 35.3 Å². The van der Waals surface area contributed by atoms with Gasteiger partial charge in [0, 0.05) is 58.2 Å². The lowest BCUT2D eigenvalue weighted by Gasteiger charge is -2.27. The van der Waals surface area contributed by atoms with E-state index in [2.05, 4.69) is 27.1 Å². The van der Waals surface area contributed by atoms with Crippen LogP contribution in [0.1, 0.15) is 23.3 Å². The summed E-state index contributed by atoms with van der Waals surface area (Å²) in [5.74, 6) is 0.907. The van der Waals surface area contributed by atoms with Gasteiger partial charge in [-0.3, -0.25) is 9.79 Å². The van der Waals surface area contributed by atoms with Crippen molar-refractivity contribution in [2.24, 2.45) is 4.99 Å². The smallest absolute Gasteiger partial charge is 0.224 e. The van der Waals surface area contributed by atoms with Crippen LogP contribution < -0.4 is 10.6 Å². The van der Waals surface area contributed by atoms with Crippen LogP contribution in [0.15, 0.2) is 16.4 Å². The van der Waals surface area contributed by atoms with Gasteiger partial charge in [-0.25, -0.2) is 0 Å². The molecule has 7 nitrogen and oxygen atoms in total. The van der Waals surface area contributed by atoms with Crippen LogP contribution in [0.3, 0.4) is 0 Å². The Kier molecular flexibility index (Phi) is 12.6. The molecular weight excluding hydrogens is 479 g/mol. The maximum atomic E-state index is 12.4. The van der Waals surface area contributed by atoms with Crippen molar-refractivity contribution in [1.82, 2.24) is 15.5 Å². The number of thiophene rings is 1. The molecule has 2 rings (SSSR count). The number of rotatable bonds is 10. The predicted molar refractivity (Wildman–Crippen MR) is 120 cm³/mol. The van der Waals surface area contributed by atoms with Gasteiger partial charge in [-0.05, 0) is 29.9 Å². The monoisotopic (exact) mass is 510 g/mol. The Hall–Kier alpha value is -0.910. The van der Waals surface area contributed by atoms with Crippen molar-refractivity contribution in [3.63, 3.8) is 0 Å². The van der Waals surface area contributed by atoms with E-state index in [0.29, 0.717) is 38.7 Å². The Morgan fingerprint density at radius 1 is 1.30 bits per heavy atom. The van der Waals surface area contributed by atoms with E-state index >= 15 is 0 Å². The van der Waals surface area contributed by atoms with Crippen molar-refractivity contribution in [3.8, 4) is 0 Å². The quantitative estimate of drug-likeness (QED) is 0.218. The number of nitrogens with one attached hydrogen (secondary N) is 2. The molecule has 0 saturated heterocycles. The highest BCUT2D eigenvalue weighted by Gasteiger charge is 2.20. The number of amides is 1. The summed E-state index contributed by atoms with van der Waals surface area (Å²) in [6.45, 7) is 4.84.